The van der Waals surface area contributed by atoms with Crippen LogP contribution in [-0.4, -0.2) is 22.0 Å². The number of rotatable bonds is 3. The minimum absolute atomic E-state index is 0.420. The Labute approximate surface area is 130 Å². The van der Waals surface area contributed by atoms with E-state index in [1.807, 2.05) is 31.3 Å². The molecule has 2 N–H and O–H groups in total. The number of anilines is 2. The molecule has 0 unspecified atom stereocenters. The Kier molecular flexibility index (Phi) is 3.84. The summed E-state index contributed by atoms with van der Waals surface area (Å²) in [6, 6.07) is 7.93. The lowest BCUT2D eigenvalue weighted by Crippen LogP contribution is -2.18. The smallest absolute Gasteiger partial charge is 0.139 e. The maximum absolute atomic E-state index is 5.64. The van der Waals surface area contributed by atoms with Gasteiger partial charge in [-0.25, -0.2) is 9.97 Å². The number of fused-ring (bicyclic) bond motifs is 1. The summed E-state index contributed by atoms with van der Waals surface area (Å²) in [7, 11) is 2.03. The normalized spacial score (nSPS) is 13.6. The Hall–Kier alpha value is -2.01. The van der Waals surface area contributed by atoms with Crippen LogP contribution in [0.25, 0.3) is 0 Å². The maximum Gasteiger partial charge on any atom is 0.139 e. The lowest BCUT2D eigenvalue weighted by Gasteiger charge is -2.24. The zero-order valence-electron chi connectivity index (χ0n) is 12.0. The van der Waals surface area contributed by atoms with Crippen molar-refractivity contribution in [2.45, 2.75) is 25.7 Å². The fourth-order valence-corrected chi connectivity index (χ4v) is 2.90. The predicted octanol–water partition coefficient (Wildman–Crippen LogP) is 2.76. The molecule has 2 aromatic rings. The van der Waals surface area contributed by atoms with Crippen molar-refractivity contribution in [1.29, 1.82) is 0 Å². The van der Waals surface area contributed by atoms with E-state index in [1.165, 1.54) is 24.1 Å². The van der Waals surface area contributed by atoms with Crippen LogP contribution >= 0.6 is 12.2 Å². The summed E-state index contributed by atoms with van der Waals surface area (Å²) in [4.78, 5) is 11.4. The number of nitrogens with two attached hydrogens (primary N) is 1. The molecule has 1 heterocycles. The third kappa shape index (κ3) is 2.74. The quantitative estimate of drug-likeness (QED) is 0.883. The average molecular weight is 298 g/mol. The molecule has 0 saturated carbocycles. The zero-order valence-corrected chi connectivity index (χ0v) is 12.9. The molecular formula is C16H18N4S. The number of thiocarbonyl (C=S) groups is 1. The van der Waals surface area contributed by atoms with Gasteiger partial charge in [-0.3, -0.25) is 0 Å². The summed E-state index contributed by atoms with van der Waals surface area (Å²) in [5.74, 6) is 1.00. The highest BCUT2D eigenvalue weighted by Gasteiger charge is 2.18. The Morgan fingerprint density at radius 3 is 2.57 bits per heavy atom. The molecule has 1 aliphatic rings. The molecule has 0 spiro atoms. The molecule has 108 valence electrons. The lowest BCUT2D eigenvalue weighted by atomic mass is 9.96. The molecule has 3 rings (SSSR count). The molecule has 4 nitrogen and oxygen atoms in total. The first-order valence-corrected chi connectivity index (χ1v) is 7.54. The third-order valence-electron chi connectivity index (χ3n) is 3.96. The second-order valence-corrected chi connectivity index (χ2v) is 5.74. The van der Waals surface area contributed by atoms with Gasteiger partial charge in [-0.05, 0) is 49.9 Å². The first-order valence-electron chi connectivity index (χ1n) is 7.13. The molecule has 21 heavy (non-hydrogen) atoms. The van der Waals surface area contributed by atoms with Crippen LogP contribution < -0.4 is 10.6 Å². The third-order valence-corrected chi connectivity index (χ3v) is 4.19. The van der Waals surface area contributed by atoms with E-state index in [4.69, 9.17) is 18.0 Å². The highest BCUT2D eigenvalue weighted by atomic mass is 32.1. The molecule has 0 radical (unpaired) electrons. The second-order valence-electron chi connectivity index (χ2n) is 5.30. The van der Waals surface area contributed by atoms with Crippen LogP contribution in [0.4, 0.5) is 11.5 Å². The Morgan fingerprint density at radius 2 is 1.86 bits per heavy atom. The van der Waals surface area contributed by atoms with Crippen molar-refractivity contribution in [2.75, 3.05) is 11.9 Å². The van der Waals surface area contributed by atoms with Crippen molar-refractivity contribution < 1.29 is 0 Å². The lowest BCUT2D eigenvalue weighted by molar-refractivity contribution is 0.661. The molecule has 1 aromatic carbocycles. The van der Waals surface area contributed by atoms with Gasteiger partial charge in [-0.15, -0.1) is 0 Å². The summed E-state index contributed by atoms with van der Waals surface area (Å²) in [6.45, 7) is 0. The van der Waals surface area contributed by atoms with E-state index in [0.717, 1.165) is 29.9 Å². The van der Waals surface area contributed by atoms with Crippen LogP contribution in [0, 0.1) is 0 Å². The fourth-order valence-electron chi connectivity index (χ4n) is 2.76. The number of aromatic nitrogens is 2. The van der Waals surface area contributed by atoms with Gasteiger partial charge < -0.3 is 10.6 Å². The van der Waals surface area contributed by atoms with Gasteiger partial charge in [0.05, 0.1) is 0 Å². The molecule has 0 aliphatic heterocycles. The first kappa shape index (κ1) is 13.9. The molecule has 1 aliphatic carbocycles. The Morgan fingerprint density at radius 1 is 1.14 bits per heavy atom. The zero-order chi connectivity index (χ0) is 14.8. The molecule has 5 heteroatoms. The standard InChI is InChI=1S/C16H18N4S/c1-20(12-8-6-11(7-9-12)15(17)21)16-13-4-2-3-5-14(13)18-10-19-16/h6-10H,2-5H2,1H3,(H2,17,21). The predicted molar refractivity (Wildman–Crippen MR) is 89.1 cm³/mol. The molecule has 0 bridgehead atoms. The van der Waals surface area contributed by atoms with Crippen LogP contribution in [0.1, 0.15) is 29.7 Å². The topological polar surface area (TPSA) is 55.0 Å². The van der Waals surface area contributed by atoms with Gasteiger partial charge in [-0.1, -0.05) is 12.2 Å². The average Bonchev–Trinajstić information content (AvgIpc) is 2.53. The van der Waals surface area contributed by atoms with E-state index in [2.05, 4.69) is 14.9 Å². The van der Waals surface area contributed by atoms with Gasteiger partial charge in [0.1, 0.15) is 17.1 Å². The molecular weight excluding hydrogens is 280 g/mol. The molecule has 0 saturated heterocycles. The van der Waals surface area contributed by atoms with Crippen molar-refractivity contribution in [2.24, 2.45) is 5.73 Å². The van der Waals surface area contributed by atoms with E-state index >= 15 is 0 Å². The van der Waals surface area contributed by atoms with E-state index in [-0.39, 0.29) is 0 Å². The number of benzene rings is 1. The van der Waals surface area contributed by atoms with Crippen LogP contribution in [-0.2, 0) is 12.8 Å². The van der Waals surface area contributed by atoms with Gasteiger partial charge in [0.25, 0.3) is 0 Å². The summed E-state index contributed by atoms with van der Waals surface area (Å²) >= 11 is 4.99. The van der Waals surface area contributed by atoms with Gasteiger partial charge in [0, 0.05) is 29.6 Å². The Bertz CT molecular complexity index is 666. The van der Waals surface area contributed by atoms with Crippen molar-refractivity contribution >= 4 is 28.7 Å². The summed E-state index contributed by atoms with van der Waals surface area (Å²) < 4.78 is 0. The Balaban J connectivity index is 1.95. The summed E-state index contributed by atoms with van der Waals surface area (Å²) in [6.07, 6.45) is 6.21. The molecule has 0 fully saturated rings. The van der Waals surface area contributed by atoms with Gasteiger partial charge >= 0.3 is 0 Å². The SMILES string of the molecule is CN(c1ccc(C(N)=S)cc1)c1ncnc2c1CCCC2. The second kappa shape index (κ2) is 5.77. The first-order chi connectivity index (χ1) is 10.2. The minimum Gasteiger partial charge on any atom is -0.389 e. The van der Waals surface area contributed by atoms with Gasteiger partial charge in [0.15, 0.2) is 0 Å². The number of aryl methyl sites for hydroxylation is 1. The summed E-state index contributed by atoms with van der Waals surface area (Å²) in [5.41, 5.74) is 10.1. The van der Waals surface area contributed by atoms with Crippen molar-refractivity contribution in [3.05, 3.63) is 47.4 Å². The minimum atomic E-state index is 0.420. The van der Waals surface area contributed by atoms with Crippen molar-refractivity contribution in [3.8, 4) is 0 Å². The largest absolute Gasteiger partial charge is 0.389 e. The van der Waals surface area contributed by atoms with E-state index in [1.54, 1.807) is 6.33 Å². The highest BCUT2D eigenvalue weighted by molar-refractivity contribution is 7.80. The summed E-state index contributed by atoms with van der Waals surface area (Å²) in [5, 5.41) is 0. The molecule has 0 atom stereocenters. The van der Waals surface area contributed by atoms with Crippen molar-refractivity contribution in [1.82, 2.24) is 9.97 Å². The van der Waals surface area contributed by atoms with Crippen molar-refractivity contribution in [3.63, 3.8) is 0 Å². The van der Waals surface area contributed by atoms with E-state index in [0.29, 0.717) is 4.99 Å². The fraction of sp³-hybridized carbons (Fsp3) is 0.312. The van der Waals surface area contributed by atoms with Gasteiger partial charge in [-0.2, -0.15) is 0 Å². The van der Waals surface area contributed by atoms with Crippen LogP contribution in [0.5, 0.6) is 0 Å². The monoisotopic (exact) mass is 298 g/mol. The molecule has 0 amide bonds. The number of hydrogen-bond acceptors (Lipinski definition) is 4. The highest BCUT2D eigenvalue weighted by Crippen LogP contribution is 2.30. The van der Waals surface area contributed by atoms with Crippen LogP contribution in [0.15, 0.2) is 30.6 Å². The number of nitrogens with zero attached hydrogens (tertiary/aromatic N) is 3. The van der Waals surface area contributed by atoms with Crippen LogP contribution in [0.2, 0.25) is 0 Å². The number of hydrogen-bond donors (Lipinski definition) is 1. The van der Waals surface area contributed by atoms with E-state index in [9.17, 15) is 0 Å². The maximum atomic E-state index is 5.64. The van der Waals surface area contributed by atoms with Gasteiger partial charge in [0.2, 0.25) is 0 Å². The van der Waals surface area contributed by atoms with Crippen LogP contribution in [0.3, 0.4) is 0 Å². The molecule has 1 aromatic heterocycles. The van der Waals surface area contributed by atoms with E-state index < -0.39 is 0 Å².